The van der Waals surface area contributed by atoms with Gasteiger partial charge in [0, 0.05) is 19.6 Å². The van der Waals surface area contributed by atoms with Crippen molar-refractivity contribution in [2.24, 2.45) is 23.7 Å². The van der Waals surface area contributed by atoms with E-state index in [9.17, 15) is 25.2 Å². The normalized spacial score (nSPS) is 28.9. The van der Waals surface area contributed by atoms with Crippen molar-refractivity contribution in [1.29, 1.82) is 0 Å². The van der Waals surface area contributed by atoms with Gasteiger partial charge in [0.2, 0.25) is 0 Å². The lowest BCUT2D eigenvalue weighted by Gasteiger charge is -2.30. The minimum Gasteiger partial charge on any atom is -0.481 e. The van der Waals surface area contributed by atoms with Gasteiger partial charge in [-0.2, -0.15) is 0 Å². The first-order valence-electron chi connectivity index (χ1n) is 26.1. The molecule has 66 heavy (non-hydrogen) atoms. The molecule has 2 heterocycles. The van der Waals surface area contributed by atoms with Crippen molar-refractivity contribution in [3.05, 3.63) is 96.1 Å². The zero-order valence-electron chi connectivity index (χ0n) is 40.2. The topological polar surface area (TPSA) is 155 Å². The van der Waals surface area contributed by atoms with Gasteiger partial charge >= 0.3 is 5.97 Å². The first kappa shape index (κ1) is 54.0. The van der Waals surface area contributed by atoms with E-state index in [2.05, 4.69) is 73.7 Å². The number of rotatable bonds is 27. The van der Waals surface area contributed by atoms with Crippen LogP contribution in [-0.2, 0) is 36.6 Å². The lowest BCUT2D eigenvalue weighted by atomic mass is 9.85. The summed E-state index contributed by atoms with van der Waals surface area (Å²) in [6.07, 6.45) is 27.7. The molecule has 0 bridgehead atoms. The molecular weight excluding hydrogens is 833 g/mol. The zero-order valence-corrected chi connectivity index (χ0v) is 40.2. The number of hydrogen-bond donors (Lipinski definition) is 5. The van der Waals surface area contributed by atoms with E-state index in [0.29, 0.717) is 25.7 Å². The second-order valence-electron chi connectivity index (χ2n) is 19.6. The molecule has 5 N–H and O–H groups in total. The molecule has 2 saturated heterocycles. The number of benzene rings is 2. The number of aliphatic hydroxyl groups excluding tert-OH is 4. The first-order chi connectivity index (χ1) is 32.2. The maximum atomic E-state index is 10.7. The summed E-state index contributed by atoms with van der Waals surface area (Å²) in [7, 11) is 0. The molecule has 4 fully saturated rings. The van der Waals surface area contributed by atoms with Gasteiger partial charge in [0.1, 0.15) is 0 Å². The molecule has 12 atom stereocenters. The summed E-state index contributed by atoms with van der Waals surface area (Å²) in [4.78, 5) is 10.6. The monoisotopic (exact) mass is 919 g/mol. The van der Waals surface area contributed by atoms with Crippen LogP contribution in [0, 0.1) is 23.7 Å². The highest BCUT2D eigenvalue weighted by atomic mass is 16.7. The van der Waals surface area contributed by atoms with Crippen LogP contribution in [0.5, 0.6) is 0 Å². The van der Waals surface area contributed by atoms with Crippen molar-refractivity contribution in [2.45, 2.75) is 210 Å². The highest BCUT2D eigenvalue weighted by molar-refractivity contribution is 5.66. The molecule has 2 aliphatic carbocycles. The molecular formula is C56H86O10. The van der Waals surface area contributed by atoms with E-state index >= 15 is 0 Å². The third-order valence-electron chi connectivity index (χ3n) is 14.5. The number of carboxylic acids is 1. The number of aliphatic hydroxyl groups is 4. The standard InChI is InChI=1S/C28H42O6.C28H44O4/c29-25-20-26(30)24(23(25)12-6-1-2-7-13-27(31)32)18-17-22(34-28-14-8-9-19-33-28)16-15-21-10-4-3-5-11-21;1-2-3-4-5-9-14-24-25(27(30)21-26(24)29)19-18-23(32-28-15-10-11-20-31-28)17-16-22-12-7-6-8-13-22/h1,3-6,10-11,22-26,28-30H,2,7-9,12-20H2,(H,31,32);5-9,12-13,23-30H,2-4,10-11,14-21H2,1H3/b6-1-;9-5-/t22-,23+,24+,25-,26+,28?;23-,24+,25+,26-,27+,28?/m00/s1. The highest BCUT2D eigenvalue weighted by Crippen LogP contribution is 2.40. The van der Waals surface area contributed by atoms with Gasteiger partial charge in [0.05, 0.1) is 36.6 Å². The van der Waals surface area contributed by atoms with E-state index in [1.807, 2.05) is 18.2 Å². The fraction of sp³-hybridized carbons (Fsp3) is 0.696. The van der Waals surface area contributed by atoms with Crippen LogP contribution in [0.4, 0.5) is 0 Å². The Morgan fingerprint density at radius 1 is 0.606 bits per heavy atom. The van der Waals surface area contributed by atoms with Gasteiger partial charge in [0.25, 0.3) is 0 Å². The van der Waals surface area contributed by atoms with Crippen LogP contribution >= 0.6 is 0 Å². The summed E-state index contributed by atoms with van der Waals surface area (Å²) < 4.78 is 24.5. The summed E-state index contributed by atoms with van der Waals surface area (Å²) in [6.45, 7) is 3.75. The lowest BCUT2D eigenvalue weighted by molar-refractivity contribution is -0.191. The van der Waals surface area contributed by atoms with Crippen molar-refractivity contribution >= 4 is 5.97 Å². The van der Waals surface area contributed by atoms with Crippen LogP contribution in [0.15, 0.2) is 85.0 Å². The summed E-state index contributed by atoms with van der Waals surface area (Å²) >= 11 is 0. The molecule has 0 radical (unpaired) electrons. The molecule has 0 spiro atoms. The molecule has 4 aliphatic rings. The Morgan fingerprint density at radius 2 is 1.05 bits per heavy atom. The third-order valence-corrected chi connectivity index (χ3v) is 14.5. The van der Waals surface area contributed by atoms with Crippen LogP contribution in [0.1, 0.15) is 159 Å². The van der Waals surface area contributed by atoms with Crippen LogP contribution in [-0.4, -0.2) is 93.9 Å². The molecule has 2 unspecified atom stereocenters. The predicted molar refractivity (Wildman–Crippen MR) is 261 cm³/mol. The third kappa shape index (κ3) is 20.0. The summed E-state index contributed by atoms with van der Waals surface area (Å²) in [5.41, 5.74) is 2.62. The molecule has 2 aromatic rings. The number of aliphatic carboxylic acids is 1. The van der Waals surface area contributed by atoms with Gasteiger partial charge in [-0.1, -0.05) is 105 Å². The molecule has 370 valence electrons. The Bertz CT molecular complexity index is 1610. The number of carboxylic acid groups (broad SMARTS) is 1. The fourth-order valence-electron chi connectivity index (χ4n) is 10.6. The van der Waals surface area contributed by atoms with Crippen molar-refractivity contribution < 1.29 is 49.3 Å². The summed E-state index contributed by atoms with van der Waals surface area (Å²) in [5.74, 6) is -0.440. The Balaban J connectivity index is 0.000000248. The first-order valence-corrected chi connectivity index (χ1v) is 26.1. The van der Waals surface area contributed by atoms with E-state index in [4.69, 9.17) is 24.1 Å². The molecule has 0 aromatic heterocycles. The second kappa shape index (κ2) is 31.2. The fourth-order valence-corrected chi connectivity index (χ4v) is 10.6. The molecule has 0 amide bonds. The quantitative estimate of drug-likeness (QED) is 0.0432. The minimum absolute atomic E-state index is 0.0198. The Morgan fingerprint density at radius 3 is 1.45 bits per heavy atom. The van der Waals surface area contributed by atoms with Crippen LogP contribution in [0.25, 0.3) is 0 Å². The highest BCUT2D eigenvalue weighted by Gasteiger charge is 2.42. The van der Waals surface area contributed by atoms with Crippen molar-refractivity contribution in [3.8, 4) is 0 Å². The number of unbranched alkanes of at least 4 members (excludes halogenated alkanes) is 3. The molecule has 2 saturated carbocycles. The average molecular weight is 919 g/mol. The van der Waals surface area contributed by atoms with E-state index in [0.717, 1.165) is 122 Å². The van der Waals surface area contributed by atoms with Gasteiger partial charge in [-0.15, -0.1) is 0 Å². The van der Waals surface area contributed by atoms with Crippen LogP contribution < -0.4 is 0 Å². The molecule has 6 rings (SSSR count). The van der Waals surface area contributed by atoms with Crippen LogP contribution in [0.2, 0.25) is 0 Å². The zero-order chi connectivity index (χ0) is 46.8. The van der Waals surface area contributed by atoms with E-state index in [-0.39, 0.29) is 54.9 Å². The summed E-state index contributed by atoms with van der Waals surface area (Å²) in [6, 6.07) is 21.0. The van der Waals surface area contributed by atoms with Crippen LogP contribution in [0.3, 0.4) is 0 Å². The van der Waals surface area contributed by atoms with Crippen molar-refractivity contribution in [1.82, 2.24) is 0 Å². The van der Waals surface area contributed by atoms with Gasteiger partial charge in [0.15, 0.2) is 12.6 Å². The molecule has 10 nitrogen and oxygen atoms in total. The van der Waals surface area contributed by atoms with Gasteiger partial charge < -0.3 is 44.5 Å². The van der Waals surface area contributed by atoms with Gasteiger partial charge in [-0.3, -0.25) is 4.79 Å². The lowest BCUT2D eigenvalue weighted by Crippen LogP contribution is -2.30. The Labute approximate surface area is 397 Å². The van der Waals surface area contributed by atoms with Crippen molar-refractivity contribution in [3.63, 3.8) is 0 Å². The maximum absolute atomic E-state index is 10.7. The molecule has 2 aliphatic heterocycles. The SMILES string of the molecule is CCCC/C=C\C[C@@H]1[C@@H](CC[C@H](CCc2ccccc2)OC2CCCCO2)[C@H](O)C[C@@H]1O.O=C(O)CCC/C=C\C[C@@H]1[C@@H](CC[C@H](CCc2ccccc2)OC2CCCCO2)[C@H](O)C[C@@H]1O. The molecule has 10 heteroatoms. The Hall–Kier alpha value is -2.93. The predicted octanol–water partition coefficient (Wildman–Crippen LogP) is 10.7. The van der Waals surface area contributed by atoms with E-state index in [1.165, 1.54) is 24.0 Å². The number of ether oxygens (including phenoxy) is 4. The molecule has 2 aromatic carbocycles. The number of hydrogen-bond acceptors (Lipinski definition) is 9. The smallest absolute Gasteiger partial charge is 0.303 e. The average Bonchev–Trinajstić information content (AvgIpc) is 3.76. The maximum Gasteiger partial charge on any atom is 0.303 e. The number of aryl methyl sites for hydroxylation is 2. The van der Waals surface area contributed by atoms with Gasteiger partial charge in [-0.25, -0.2) is 0 Å². The summed E-state index contributed by atoms with van der Waals surface area (Å²) in [5, 5.41) is 51.2. The van der Waals surface area contributed by atoms with E-state index in [1.54, 1.807) is 0 Å². The van der Waals surface area contributed by atoms with Gasteiger partial charge in [-0.05, 0) is 170 Å². The number of allylic oxidation sites excluding steroid dienone is 4. The van der Waals surface area contributed by atoms with Crippen molar-refractivity contribution in [2.75, 3.05) is 13.2 Å². The number of carbonyl (C=O) groups is 1. The second-order valence-corrected chi connectivity index (χ2v) is 19.6. The largest absolute Gasteiger partial charge is 0.481 e. The Kier molecular flexibility index (Phi) is 25.6. The minimum atomic E-state index is -0.773. The van der Waals surface area contributed by atoms with E-state index < -0.39 is 30.4 Å².